The van der Waals surface area contributed by atoms with E-state index in [9.17, 15) is 0 Å². The van der Waals surface area contributed by atoms with Gasteiger partial charge in [-0.3, -0.25) is 4.98 Å². The minimum atomic E-state index is 0.155. The Hall–Kier alpha value is -1.35. The van der Waals surface area contributed by atoms with E-state index in [2.05, 4.69) is 4.98 Å². The molecule has 0 aromatic carbocycles. The molecule has 1 heterocycles. The van der Waals surface area contributed by atoms with Crippen molar-refractivity contribution < 1.29 is 5.11 Å². The zero-order valence-corrected chi connectivity index (χ0v) is 7.70. The van der Waals surface area contributed by atoms with Gasteiger partial charge in [-0.1, -0.05) is 6.08 Å². The van der Waals surface area contributed by atoms with Crippen LogP contribution in [0.2, 0.25) is 0 Å². The minimum Gasteiger partial charge on any atom is -0.397 e. The fraction of sp³-hybridized carbons (Fsp3) is 0.300. The third kappa shape index (κ3) is 2.87. The Morgan fingerprint density at radius 1 is 1.54 bits per heavy atom. The van der Waals surface area contributed by atoms with Crippen LogP contribution in [0.3, 0.4) is 0 Å². The van der Waals surface area contributed by atoms with Crippen molar-refractivity contribution in [2.24, 2.45) is 0 Å². The lowest BCUT2D eigenvalue weighted by Crippen LogP contribution is -1.94. The summed E-state index contributed by atoms with van der Waals surface area (Å²) in [6.45, 7) is 2.07. The number of nitrogen functional groups attached to an aromatic ring is 1. The van der Waals surface area contributed by atoms with Gasteiger partial charge in [-0.2, -0.15) is 0 Å². The third-order valence-electron chi connectivity index (χ3n) is 1.67. The van der Waals surface area contributed by atoms with Crippen molar-refractivity contribution in [1.82, 2.24) is 4.98 Å². The molecule has 0 aliphatic carbocycles. The molecule has 0 atom stereocenters. The van der Waals surface area contributed by atoms with Crippen LogP contribution in [0.1, 0.15) is 17.8 Å². The van der Waals surface area contributed by atoms with E-state index in [0.29, 0.717) is 12.1 Å². The van der Waals surface area contributed by atoms with Crippen LogP contribution >= 0.6 is 0 Å². The van der Waals surface area contributed by atoms with Gasteiger partial charge in [0.1, 0.15) is 0 Å². The molecular formula is C10H14N2O. The van der Waals surface area contributed by atoms with Gasteiger partial charge in [-0.15, -0.1) is 0 Å². The van der Waals surface area contributed by atoms with Crippen LogP contribution in [0.15, 0.2) is 18.2 Å². The Morgan fingerprint density at radius 3 is 3.00 bits per heavy atom. The van der Waals surface area contributed by atoms with Crippen LogP contribution in [0.25, 0.3) is 6.08 Å². The summed E-state index contributed by atoms with van der Waals surface area (Å²) >= 11 is 0. The van der Waals surface area contributed by atoms with E-state index < -0.39 is 0 Å². The largest absolute Gasteiger partial charge is 0.397 e. The van der Waals surface area contributed by atoms with Crippen LogP contribution in [0, 0.1) is 6.92 Å². The number of nitrogens with zero attached hydrogens (tertiary/aromatic N) is 1. The number of pyridine rings is 1. The van der Waals surface area contributed by atoms with E-state index in [-0.39, 0.29) is 6.61 Å². The highest BCUT2D eigenvalue weighted by Gasteiger charge is 1.95. The minimum absolute atomic E-state index is 0.155. The fourth-order valence-corrected chi connectivity index (χ4v) is 0.991. The summed E-state index contributed by atoms with van der Waals surface area (Å²) in [4.78, 5) is 4.25. The quantitative estimate of drug-likeness (QED) is 0.734. The number of aliphatic hydroxyl groups excluding tert-OH is 1. The molecule has 0 saturated heterocycles. The molecular weight excluding hydrogens is 164 g/mol. The van der Waals surface area contributed by atoms with Crippen LogP contribution in [-0.2, 0) is 0 Å². The number of hydrogen-bond donors (Lipinski definition) is 2. The maximum absolute atomic E-state index is 8.57. The Labute approximate surface area is 77.9 Å². The first kappa shape index (κ1) is 9.74. The number of aliphatic hydroxyl groups is 1. The molecule has 70 valence electrons. The van der Waals surface area contributed by atoms with Crippen molar-refractivity contribution in [3.05, 3.63) is 29.6 Å². The van der Waals surface area contributed by atoms with Crippen LogP contribution in [0.5, 0.6) is 0 Å². The van der Waals surface area contributed by atoms with Crippen molar-refractivity contribution in [1.29, 1.82) is 0 Å². The summed E-state index contributed by atoms with van der Waals surface area (Å²) in [7, 11) is 0. The maximum atomic E-state index is 8.57. The number of aryl methyl sites for hydroxylation is 1. The van der Waals surface area contributed by atoms with E-state index >= 15 is 0 Å². The Balaban J connectivity index is 2.81. The summed E-state index contributed by atoms with van der Waals surface area (Å²) in [5, 5.41) is 8.57. The van der Waals surface area contributed by atoms with E-state index in [1.54, 1.807) is 0 Å². The average molecular weight is 178 g/mol. The predicted molar refractivity (Wildman–Crippen MR) is 54.1 cm³/mol. The zero-order valence-electron chi connectivity index (χ0n) is 7.70. The summed E-state index contributed by atoms with van der Waals surface area (Å²) in [6.07, 6.45) is 4.33. The molecule has 0 bridgehead atoms. The van der Waals surface area contributed by atoms with E-state index in [1.807, 2.05) is 31.2 Å². The van der Waals surface area contributed by atoms with Gasteiger partial charge in [-0.25, -0.2) is 0 Å². The first-order valence-electron chi connectivity index (χ1n) is 4.24. The highest BCUT2D eigenvalue weighted by Crippen LogP contribution is 2.11. The second-order valence-electron chi connectivity index (χ2n) is 2.84. The maximum Gasteiger partial charge on any atom is 0.0858 e. The summed E-state index contributed by atoms with van der Waals surface area (Å²) in [5.41, 5.74) is 8.08. The standard InChI is InChI=1S/C10H14N2O/c1-8-5-6-9(11)10(12-8)4-2-3-7-13/h2,4-6,13H,3,7,11H2,1H3. The van der Waals surface area contributed by atoms with Crippen LogP contribution in [0.4, 0.5) is 5.69 Å². The van der Waals surface area contributed by atoms with Gasteiger partial charge in [0.05, 0.1) is 11.4 Å². The molecule has 0 aliphatic heterocycles. The first-order valence-corrected chi connectivity index (χ1v) is 4.24. The topological polar surface area (TPSA) is 59.1 Å². The van der Waals surface area contributed by atoms with Crippen LogP contribution < -0.4 is 5.73 Å². The molecule has 0 amide bonds. The van der Waals surface area contributed by atoms with E-state index in [4.69, 9.17) is 10.8 Å². The van der Waals surface area contributed by atoms with Gasteiger partial charge >= 0.3 is 0 Å². The van der Waals surface area contributed by atoms with Crippen molar-refractivity contribution in [3.63, 3.8) is 0 Å². The summed E-state index contributed by atoms with van der Waals surface area (Å²) < 4.78 is 0. The monoisotopic (exact) mass is 178 g/mol. The van der Waals surface area contributed by atoms with Crippen LogP contribution in [-0.4, -0.2) is 16.7 Å². The third-order valence-corrected chi connectivity index (χ3v) is 1.67. The van der Waals surface area contributed by atoms with E-state index in [0.717, 1.165) is 11.4 Å². The summed E-state index contributed by atoms with van der Waals surface area (Å²) in [6, 6.07) is 3.71. The number of nitrogens with two attached hydrogens (primary N) is 1. The molecule has 0 unspecified atom stereocenters. The molecule has 3 N–H and O–H groups in total. The molecule has 13 heavy (non-hydrogen) atoms. The first-order chi connectivity index (χ1) is 6.24. The average Bonchev–Trinajstić information content (AvgIpc) is 2.11. The van der Waals surface area contributed by atoms with Gasteiger partial charge < -0.3 is 10.8 Å². The van der Waals surface area contributed by atoms with Crippen molar-refractivity contribution in [3.8, 4) is 0 Å². The SMILES string of the molecule is Cc1ccc(N)c(C=CCCO)n1. The summed E-state index contributed by atoms with van der Waals surface area (Å²) in [5.74, 6) is 0. The second kappa shape index (κ2) is 4.62. The number of anilines is 1. The van der Waals surface area contributed by atoms with E-state index in [1.165, 1.54) is 0 Å². The zero-order chi connectivity index (χ0) is 9.68. The second-order valence-corrected chi connectivity index (χ2v) is 2.84. The van der Waals surface area contributed by atoms with Crippen molar-refractivity contribution >= 4 is 11.8 Å². The molecule has 3 nitrogen and oxygen atoms in total. The molecule has 1 rings (SSSR count). The Kier molecular flexibility index (Phi) is 3.46. The van der Waals surface area contributed by atoms with Crippen molar-refractivity contribution in [2.75, 3.05) is 12.3 Å². The normalized spacial score (nSPS) is 10.9. The Bertz CT molecular complexity index is 308. The molecule has 1 aromatic rings. The highest BCUT2D eigenvalue weighted by atomic mass is 16.2. The number of hydrogen-bond acceptors (Lipinski definition) is 3. The lowest BCUT2D eigenvalue weighted by Gasteiger charge is -1.99. The van der Waals surface area contributed by atoms with Gasteiger partial charge in [-0.05, 0) is 31.6 Å². The number of aromatic nitrogens is 1. The smallest absolute Gasteiger partial charge is 0.0858 e. The van der Waals surface area contributed by atoms with Gasteiger partial charge in [0, 0.05) is 12.3 Å². The number of rotatable bonds is 3. The molecule has 0 saturated carbocycles. The lowest BCUT2D eigenvalue weighted by molar-refractivity contribution is 0.303. The fourth-order valence-electron chi connectivity index (χ4n) is 0.991. The molecule has 0 fully saturated rings. The molecule has 0 radical (unpaired) electrons. The predicted octanol–water partition coefficient (Wildman–Crippen LogP) is 1.37. The molecule has 0 spiro atoms. The highest BCUT2D eigenvalue weighted by molar-refractivity contribution is 5.60. The lowest BCUT2D eigenvalue weighted by atomic mass is 10.2. The van der Waals surface area contributed by atoms with Gasteiger partial charge in [0.2, 0.25) is 0 Å². The molecule has 3 heteroatoms. The van der Waals surface area contributed by atoms with Gasteiger partial charge in [0.25, 0.3) is 0 Å². The van der Waals surface area contributed by atoms with Crippen molar-refractivity contribution in [2.45, 2.75) is 13.3 Å². The molecule has 0 aliphatic rings. The van der Waals surface area contributed by atoms with Gasteiger partial charge in [0.15, 0.2) is 0 Å². The Morgan fingerprint density at radius 2 is 2.31 bits per heavy atom. The molecule has 1 aromatic heterocycles.